The number of carbonyl (C=O) groups is 1. The molecule has 1 saturated heterocycles. The molecule has 2 aliphatic heterocycles. The fourth-order valence-corrected chi connectivity index (χ4v) is 4.35. The summed E-state index contributed by atoms with van der Waals surface area (Å²) in [4.78, 5) is 22.5. The van der Waals surface area contributed by atoms with E-state index in [2.05, 4.69) is 20.6 Å². The summed E-state index contributed by atoms with van der Waals surface area (Å²) >= 11 is 0. The number of nitrogens with one attached hydrogen (secondary N) is 2. The van der Waals surface area contributed by atoms with Crippen molar-refractivity contribution >= 4 is 34.1 Å². The minimum atomic E-state index is -1.25. The lowest BCUT2D eigenvalue weighted by Gasteiger charge is -2.22. The van der Waals surface area contributed by atoms with Gasteiger partial charge in [-0.1, -0.05) is 0 Å². The van der Waals surface area contributed by atoms with Crippen molar-refractivity contribution in [3.05, 3.63) is 35.9 Å². The molecule has 2 aliphatic rings. The maximum Gasteiger partial charge on any atom is 0.413 e. The summed E-state index contributed by atoms with van der Waals surface area (Å²) in [5, 5.41) is 6.70. The number of amides is 1. The van der Waals surface area contributed by atoms with E-state index in [1.54, 1.807) is 30.3 Å². The van der Waals surface area contributed by atoms with Crippen LogP contribution in [0.25, 0.3) is 21.9 Å². The highest BCUT2D eigenvalue weighted by Gasteiger charge is 2.34. The first-order chi connectivity index (χ1) is 16.3. The molecule has 5 rings (SSSR count). The van der Waals surface area contributed by atoms with Gasteiger partial charge in [0.15, 0.2) is 12.0 Å². The summed E-state index contributed by atoms with van der Waals surface area (Å²) in [5.41, 5.74) is 8.35. The molecule has 9 nitrogen and oxygen atoms in total. The Bertz CT molecular complexity index is 1290. The maximum atomic E-state index is 15.3. The second kappa shape index (κ2) is 8.56. The Morgan fingerprint density at radius 3 is 2.88 bits per heavy atom. The van der Waals surface area contributed by atoms with Crippen LogP contribution >= 0.6 is 0 Å². The molecule has 34 heavy (non-hydrogen) atoms. The van der Waals surface area contributed by atoms with Crippen LogP contribution in [0.2, 0.25) is 0 Å². The molecule has 3 aromatic rings. The second-order valence-electron chi connectivity index (χ2n) is 8.50. The minimum Gasteiger partial charge on any atom is -0.474 e. The fourth-order valence-electron chi connectivity index (χ4n) is 4.35. The topological polar surface area (TPSA) is 115 Å². The van der Waals surface area contributed by atoms with Crippen molar-refractivity contribution in [3.8, 4) is 17.0 Å². The monoisotopic (exact) mass is 470 g/mol. The van der Waals surface area contributed by atoms with Crippen LogP contribution in [-0.2, 0) is 4.74 Å². The molecule has 0 saturated carbocycles. The third-order valence-electron chi connectivity index (χ3n) is 6.11. The van der Waals surface area contributed by atoms with E-state index in [1.807, 2.05) is 6.92 Å². The molecule has 178 valence electrons. The van der Waals surface area contributed by atoms with Gasteiger partial charge in [-0.3, -0.25) is 10.2 Å². The average molecular weight is 470 g/mol. The molecule has 4 heterocycles. The molecule has 0 bridgehead atoms. The molecule has 11 heteroatoms. The van der Waals surface area contributed by atoms with E-state index in [4.69, 9.17) is 15.2 Å². The zero-order chi connectivity index (χ0) is 24.0. The SMILES string of the molecule is Cc1c(-c2cc3cc(NC(=O)O[C@H]4CN(C)C[C@H]4F)ncc3c(N)c2F)cnc2c1NCCO2. The van der Waals surface area contributed by atoms with Gasteiger partial charge in [0.1, 0.15) is 24.2 Å². The number of carbonyl (C=O) groups excluding carboxylic acids is 1. The summed E-state index contributed by atoms with van der Waals surface area (Å²) in [7, 11) is 1.75. The third kappa shape index (κ3) is 3.92. The number of pyridine rings is 2. The van der Waals surface area contributed by atoms with Gasteiger partial charge in [-0.15, -0.1) is 0 Å². The Morgan fingerprint density at radius 2 is 2.12 bits per heavy atom. The quantitative estimate of drug-likeness (QED) is 0.500. The Morgan fingerprint density at radius 1 is 1.29 bits per heavy atom. The summed E-state index contributed by atoms with van der Waals surface area (Å²) in [6, 6.07) is 3.19. The van der Waals surface area contributed by atoms with Gasteiger partial charge >= 0.3 is 6.09 Å². The molecule has 4 N–H and O–H groups in total. The van der Waals surface area contributed by atoms with Gasteiger partial charge in [-0.25, -0.2) is 23.5 Å². The number of hydrogen-bond acceptors (Lipinski definition) is 8. The van der Waals surface area contributed by atoms with Crippen LogP contribution in [0.4, 0.5) is 30.8 Å². The van der Waals surface area contributed by atoms with E-state index in [1.165, 1.54) is 6.20 Å². The Hall–Kier alpha value is -3.73. The molecule has 0 spiro atoms. The van der Waals surface area contributed by atoms with Gasteiger partial charge in [-0.2, -0.15) is 0 Å². The average Bonchev–Trinajstić information content (AvgIpc) is 3.13. The number of nitrogen functional groups attached to an aromatic ring is 1. The first-order valence-corrected chi connectivity index (χ1v) is 10.9. The van der Waals surface area contributed by atoms with Crippen molar-refractivity contribution in [2.75, 3.05) is 49.7 Å². The summed E-state index contributed by atoms with van der Waals surface area (Å²) < 4.78 is 40.0. The number of fused-ring (bicyclic) bond motifs is 2. The molecule has 0 radical (unpaired) electrons. The van der Waals surface area contributed by atoms with Crippen LogP contribution in [0.1, 0.15) is 5.56 Å². The van der Waals surface area contributed by atoms with Gasteiger partial charge in [0.25, 0.3) is 0 Å². The number of rotatable bonds is 3. The van der Waals surface area contributed by atoms with E-state index in [-0.39, 0.29) is 23.6 Å². The normalized spacial score (nSPS) is 19.9. The summed E-state index contributed by atoms with van der Waals surface area (Å²) in [6.07, 6.45) is 0.0138. The fraction of sp³-hybridized carbons (Fsp3) is 0.348. The molecule has 1 fully saturated rings. The van der Waals surface area contributed by atoms with Crippen LogP contribution < -0.4 is 21.1 Å². The van der Waals surface area contributed by atoms with Gasteiger partial charge in [-0.05, 0) is 37.1 Å². The van der Waals surface area contributed by atoms with Crippen LogP contribution in [0.3, 0.4) is 0 Å². The number of anilines is 3. The summed E-state index contributed by atoms with van der Waals surface area (Å²) in [5.74, 6) is 0.0572. The Balaban J connectivity index is 1.46. The van der Waals surface area contributed by atoms with Crippen molar-refractivity contribution in [3.63, 3.8) is 0 Å². The Labute approximate surface area is 194 Å². The van der Waals surface area contributed by atoms with Crippen molar-refractivity contribution in [1.82, 2.24) is 14.9 Å². The van der Waals surface area contributed by atoms with Gasteiger partial charge < -0.3 is 20.5 Å². The third-order valence-corrected chi connectivity index (χ3v) is 6.11. The zero-order valence-electron chi connectivity index (χ0n) is 18.7. The zero-order valence-corrected chi connectivity index (χ0v) is 18.7. The van der Waals surface area contributed by atoms with Crippen molar-refractivity contribution in [1.29, 1.82) is 0 Å². The number of ether oxygens (including phenoxy) is 2. The van der Waals surface area contributed by atoms with E-state index in [0.717, 1.165) is 5.56 Å². The molecule has 0 unspecified atom stereocenters. The predicted molar refractivity (Wildman–Crippen MR) is 124 cm³/mol. The largest absolute Gasteiger partial charge is 0.474 e. The number of likely N-dealkylation sites (N-methyl/N-ethyl adjacent to an activating group) is 1. The van der Waals surface area contributed by atoms with Crippen LogP contribution in [0.15, 0.2) is 24.5 Å². The molecular formula is C23H24F2N6O3. The first-order valence-electron chi connectivity index (χ1n) is 10.9. The maximum absolute atomic E-state index is 15.3. The summed E-state index contributed by atoms with van der Waals surface area (Å²) in [6.45, 7) is 3.50. The molecule has 2 atom stereocenters. The number of nitrogens with two attached hydrogens (primary N) is 1. The van der Waals surface area contributed by atoms with Gasteiger partial charge in [0.05, 0.1) is 5.69 Å². The minimum absolute atomic E-state index is 0.0651. The molecule has 0 aliphatic carbocycles. The van der Waals surface area contributed by atoms with Gasteiger partial charge in [0.2, 0.25) is 5.88 Å². The highest BCUT2D eigenvalue weighted by molar-refractivity contribution is 5.99. The second-order valence-corrected chi connectivity index (χ2v) is 8.50. The first kappa shape index (κ1) is 22.1. The standard InChI is InChI=1S/C23H24F2N6O3/c1-11-14(7-29-22-21(11)27-3-4-33-22)13-5-12-6-18(28-8-15(12)20(26)19(13)25)30-23(32)34-17-10-31(2)9-16(17)24/h5-8,16-17,27H,3-4,9-10,26H2,1-2H3,(H,28,30,32)/t16-,17+/m1/s1. The number of nitrogens with zero attached hydrogens (tertiary/aromatic N) is 3. The lowest BCUT2D eigenvalue weighted by molar-refractivity contribution is 0.0791. The Kier molecular flexibility index (Phi) is 5.56. The van der Waals surface area contributed by atoms with E-state index < -0.39 is 24.2 Å². The van der Waals surface area contributed by atoms with E-state index >= 15 is 4.39 Å². The van der Waals surface area contributed by atoms with Crippen molar-refractivity contribution < 1.29 is 23.0 Å². The number of likely N-dealkylation sites (tertiary alicyclic amines) is 1. The number of alkyl halides is 1. The smallest absolute Gasteiger partial charge is 0.413 e. The van der Waals surface area contributed by atoms with Crippen LogP contribution in [0, 0.1) is 12.7 Å². The van der Waals surface area contributed by atoms with E-state index in [9.17, 15) is 9.18 Å². The lowest BCUT2D eigenvalue weighted by atomic mass is 9.97. The highest BCUT2D eigenvalue weighted by Crippen LogP contribution is 2.39. The van der Waals surface area contributed by atoms with Crippen molar-refractivity contribution in [2.45, 2.75) is 19.2 Å². The van der Waals surface area contributed by atoms with Crippen molar-refractivity contribution in [2.24, 2.45) is 0 Å². The van der Waals surface area contributed by atoms with Gasteiger partial charge in [0, 0.05) is 48.5 Å². The molecular weight excluding hydrogens is 446 g/mol. The predicted octanol–water partition coefficient (Wildman–Crippen LogP) is 3.33. The number of hydrogen-bond donors (Lipinski definition) is 3. The number of aromatic nitrogens is 2. The number of benzene rings is 1. The van der Waals surface area contributed by atoms with E-state index in [0.29, 0.717) is 47.6 Å². The van der Waals surface area contributed by atoms with Crippen LogP contribution in [-0.4, -0.2) is 66.5 Å². The number of halogens is 2. The lowest BCUT2D eigenvalue weighted by Crippen LogP contribution is -2.29. The molecule has 2 aromatic heterocycles. The molecule has 1 aromatic carbocycles. The van der Waals surface area contributed by atoms with Crippen LogP contribution in [0.5, 0.6) is 5.88 Å². The highest BCUT2D eigenvalue weighted by atomic mass is 19.1. The molecule has 1 amide bonds.